The van der Waals surface area contributed by atoms with Crippen molar-refractivity contribution in [1.82, 2.24) is 14.8 Å². The molecule has 0 saturated carbocycles. The molecule has 5 nitrogen and oxygen atoms in total. The van der Waals surface area contributed by atoms with Crippen molar-refractivity contribution in [3.63, 3.8) is 0 Å². The molecule has 7 heteroatoms. The molecule has 0 aliphatic heterocycles. The third kappa shape index (κ3) is 3.78. The largest absolute Gasteiger partial charge is 0.278 e. The molecule has 0 fully saturated rings. The first-order chi connectivity index (χ1) is 14.0. The van der Waals surface area contributed by atoms with E-state index in [4.69, 9.17) is 16.6 Å². The zero-order valence-electron chi connectivity index (χ0n) is 16.5. The Labute approximate surface area is 178 Å². The van der Waals surface area contributed by atoms with Crippen molar-refractivity contribution in [2.75, 3.05) is 4.90 Å². The van der Waals surface area contributed by atoms with E-state index in [1.54, 1.807) is 9.58 Å². The van der Waals surface area contributed by atoms with E-state index in [0.717, 1.165) is 27.0 Å². The molecule has 0 unspecified atom stereocenters. The number of aryl methyl sites for hydroxylation is 3. The monoisotopic (exact) mass is 424 g/mol. The summed E-state index contributed by atoms with van der Waals surface area (Å²) in [5.74, 6) is -0.112. The number of benzene rings is 2. The van der Waals surface area contributed by atoms with Crippen LogP contribution >= 0.6 is 22.9 Å². The van der Waals surface area contributed by atoms with Crippen molar-refractivity contribution < 1.29 is 4.79 Å². The molecule has 29 heavy (non-hydrogen) atoms. The third-order valence-electron chi connectivity index (χ3n) is 4.82. The molecule has 4 aromatic rings. The number of halogens is 1. The summed E-state index contributed by atoms with van der Waals surface area (Å²) in [6, 6.07) is 15.6. The summed E-state index contributed by atoms with van der Waals surface area (Å²) in [5.41, 5.74) is 4.18. The normalized spacial score (nSPS) is 11.2. The highest BCUT2D eigenvalue weighted by Crippen LogP contribution is 2.34. The Morgan fingerprint density at radius 3 is 2.66 bits per heavy atom. The van der Waals surface area contributed by atoms with Crippen LogP contribution in [-0.4, -0.2) is 20.7 Å². The Hall–Kier alpha value is -2.70. The minimum atomic E-state index is -0.112. The van der Waals surface area contributed by atoms with Crippen LogP contribution in [0.1, 0.15) is 34.2 Å². The number of hydrogen-bond donors (Lipinski definition) is 0. The van der Waals surface area contributed by atoms with E-state index in [1.807, 2.05) is 69.3 Å². The number of rotatable bonds is 5. The highest BCUT2D eigenvalue weighted by molar-refractivity contribution is 7.22. The van der Waals surface area contributed by atoms with Gasteiger partial charge in [-0.15, -0.1) is 0 Å². The van der Waals surface area contributed by atoms with Gasteiger partial charge in [-0.2, -0.15) is 5.10 Å². The van der Waals surface area contributed by atoms with Gasteiger partial charge in [0, 0.05) is 11.6 Å². The zero-order valence-corrected chi connectivity index (χ0v) is 18.1. The number of carbonyl (C=O) groups is 1. The minimum absolute atomic E-state index is 0.112. The number of thiazole rings is 1. The number of fused-ring (bicyclic) bond motifs is 1. The molecule has 2 heterocycles. The van der Waals surface area contributed by atoms with Gasteiger partial charge < -0.3 is 0 Å². The Morgan fingerprint density at radius 2 is 1.93 bits per heavy atom. The van der Waals surface area contributed by atoms with Crippen LogP contribution in [0.25, 0.3) is 10.2 Å². The molecular weight excluding hydrogens is 404 g/mol. The van der Waals surface area contributed by atoms with Gasteiger partial charge in [0.1, 0.15) is 5.69 Å². The van der Waals surface area contributed by atoms with Gasteiger partial charge >= 0.3 is 0 Å². The number of anilines is 1. The molecule has 0 aliphatic rings. The smallest absolute Gasteiger partial charge is 0.278 e. The zero-order chi connectivity index (χ0) is 20.5. The first kappa shape index (κ1) is 19.6. The average Bonchev–Trinajstić information content (AvgIpc) is 3.33. The summed E-state index contributed by atoms with van der Waals surface area (Å²) in [6.45, 7) is 6.89. The van der Waals surface area contributed by atoms with E-state index >= 15 is 0 Å². The SMILES string of the molecule is CCn1nc(C)cc1C(=O)N(Cc1ccccc1)c1nc2c(C)c(Cl)ccc2s1. The van der Waals surface area contributed by atoms with Crippen LogP contribution in [0.3, 0.4) is 0 Å². The molecule has 0 spiro atoms. The Balaban J connectivity index is 1.82. The van der Waals surface area contributed by atoms with Crippen molar-refractivity contribution in [3.05, 3.63) is 76.1 Å². The summed E-state index contributed by atoms with van der Waals surface area (Å²) in [6.07, 6.45) is 0. The second-order valence-electron chi connectivity index (χ2n) is 6.88. The molecule has 0 bridgehead atoms. The van der Waals surface area contributed by atoms with Crippen LogP contribution < -0.4 is 4.90 Å². The van der Waals surface area contributed by atoms with Crippen molar-refractivity contribution in [1.29, 1.82) is 0 Å². The maximum atomic E-state index is 13.6. The lowest BCUT2D eigenvalue weighted by Gasteiger charge is -2.20. The Morgan fingerprint density at radius 1 is 1.17 bits per heavy atom. The van der Waals surface area contributed by atoms with E-state index in [0.29, 0.717) is 28.9 Å². The fourth-order valence-corrected chi connectivity index (χ4v) is 4.47. The predicted octanol–water partition coefficient (Wildman–Crippen LogP) is 5.63. The topological polar surface area (TPSA) is 51.0 Å². The van der Waals surface area contributed by atoms with E-state index in [9.17, 15) is 4.79 Å². The molecule has 2 aromatic heterocycles. The van der Waals surface area contributed by atoms with Crippen molar-refractivity contribution in [3.8, 4) is 0 Å². The number of nitrogens with zero attached hydrogens (tertiary/aromatic N) is 4. The van der Waals surface area contributed by atoms with Crippen LogP contribution in [-0.2, 0) is 13.1 Å². The van der Waals surface area contributed by atoms with E-state index in [-0.39, 0.29) is 5.91 Å². The second kappa shape index (κ2) is 7.97. The van der Waals surface area contributed by atoms with E-state index in [2.05, 4.69) is 5.10 Å². The molecule has 4 rings (SSSR count). The Bertz CT molecular complexity index is 1180. The molecule has 0 radical (unpaired) electrons. The standard InChI is InChI=1S/C22H21ClN4OS/c1-4-27-18(12-14(2)25-27)21(28)26(13-16-8-6-5-7-9-16)22-24-20-15(3)17(23)10-11-19(20)29-22/h5-12H,4,13H2,1-3H3. The number of carbonyl (C=O) groups excluding carboxylic acids is 1. The van der Waals surface area contributed by atoms with Gasteiger partial charge in [0.25, 0.3) is 5.91 Å². The summed E-state index contributed by atoms with van der Waals surface area (Å²) in [5, 5.41) is 5.77. The molecule has 148 valence electrons. The molecule has 1 amide bonds. The lowest BCUT2D eigenvalue weighted by atomic mass is 10.2. The summed E-state index contributed by atoms with van der Waals surface area (Å²) < 4.78 is 2.75. The minimum Gasteiger partial charge on any atom is -0.278 e. The number of hydrogen-bond acceptors (Lipinski definition) is 4. The van der Waals surface area contributed by atoms with Gasteiger partial charge in [0.05, 0.1) is 22.5 Å². The first-order valence-corrected chi connectivity index (χ1v) is 10.6. The second-order valence-corrected chi connectivity index (χ2v) is 8.30. The maximum Gasteiger partial charge on any atom is 0.278 e. The van der Waals surface area contributed by atoms with Crippen molar-refractivity contribution >= 4 is 44.2 Å². The number of amides is 1. The van der Waals surface area contributed by atoms with Gasteiger partial charge in [0.15, 0.2) is 5.13 Å². The van der Waals surface area contributed by atoms with Crippen molar-refractivity contribution in [2.45, 2.75) is 33.9 Å². The Kier molecular flexibility index (Phi) is 5.39. The highest BCUT2D eigenvalue weighted by Gasteiger charge is 2.25. The highest BCUT2D eigenvalue weighted by atomic mass is 35.5. The quantitative estimate of drug-likeness (QED) is 0.417. The van der Waals surface area contributed by atoms with Crippen LogP contribution in [0.2, 0.25) is 5.02 Å². The van der Waals surface area contributed by atoms with Crippen LogP contribution in [0.15, 0.2) is 48.5 Å². The summed E-state index contributed by atoms with van der Waals surface area (Å²) in [4.78, 5) is 20.1. The lowest BCUT2D eigenvalue weighted by molar-refractivity contribution is 0.0975. The molecular formula is C22H21ClN4OS. The van der Waals surface area contributed by atoms with Crippen molar-refractivity contribution in [2.24, 2.45) is 0 Å². The molecule has 2 aromatic carbocycles. The van der Waals surface area contributed by atoms with Gasteiger partial charge in [0.2, 0.25) is 0 Å². The van der Waals surface area contributed by atoms with Gasteiger partial charge in [-0.3, -0.25) is 14.4 Å². The predicted molar refractivity (Wildman–Crippen MR) is 119 cm³/mol. The summed E-state index contributed by atoms with van der Waals surface area (Å²) in [7, 11) is 0. The van der Waals surface area contributed by atoms with Crippen LogP contribution in [0.4, 0.5) is 5.13 Å². The summed E-state index contributed by atoms with van der Waals surface area (Å²) >= 11 is 7.78. The van der Waals surface area contributed by atoms with E-state index < -0.39 is 0 Å². The lowest BCUT2D eigenvalue weighted by Crippen LogP contribution is -2.32. The molecule has 0 saturated heterocycles. The molecule has 0 atom stereocenters. The molecule has 0 N–H and O–H groups in total. The average molecular weight is 425 g/mol. The fourth-order valence-electron chi connectivity index (χ4n) is 3.29. The van der Waals surface area contributed by atoms with Gasteiger partial charge in [-0.25, -0.2) is 4.98 Å². The van der Waals surface area contributed by atoms with Crippen LogP contribution in [0, 0.1) is 13.8 Å². The van der Waals surface area contributed by atoms with E-state index in [1.165, 1.54) is 11.3 Å². The third-order valence-corrected chi connectivity index (χ3v) is 6.27. The van der Waals surface area contributed by atoms with Gasteiger partial charge in [-0.1, -0.05) is 53.3 Å². The number of aromatic nitrogens is 3. The van der Waals surface area contributed by atoms with Crippen LogP contribution in [0.5, 0.6) is 0 Å². The van der Waals surface area contributed by atoms with Gasteiger partial charge in [-0.05, 0) is 50.1 Å². The fraction of sp³-hybridized carbons (Fsp3) is 0.227. The molecule has 0 aliphatic carbocycles. The maximum absolute atomic E-state index is 13.6. The first-order valence-electron chi connectivity index (χ1n) is 9.43.